The quantitative estimate of drug-likeness (QED) is 0.364. The van der Waals surface area contributed by atoms with Crippen LogP contribution in [0.5, 0.6) is 0 Å². The minimum Gasteiger partial charge on any atom is -0.302 e. The number of benzene rings is 2. The van der Waals surface area contributed by atoms with Crippen molar-refractivity contribution in [2.24, 2.45) is 5.41 Å². The fraction of sp³-hybridized carbons (Fsp3) is 0.444. The average molecular weight is 515 g/mol. The highest BCUT2D eigenvalue weighted by molar-refractivity contribution is 6.30. The zero-order valence-corrected chi connectivity index (χ0v) is 21.8. The Bertz CT molecular complexity index is 1200. The Morgan fingerprint density at radius 2 is 1.83 bits per heavy atom. The monoisotopic (exact) mass is 514 g/mol. The number of piperidine rings is 1. The van der Waals surface area contributed by atoms with Gasteiger partial charge in [-0.1, -0.05) is 68.2 Å². The van der Waals surface area contributed by atoms with Crippen molar-refractivity contribution in [3.8, 4) is 0 Å². The maximum absolute atomic E-state index is 12.9. The molecule has 1 saturated heterocycles. The number of rotatable bonds is 8. The number of carbonyl (C=O) groups is 1. The van der Waals surface area contributed by atoms with Gasteiger partial charge < -0.3 is 4.79 Å². The summed E-state index contributed by atoms with van der Waals surface area (Å²) in [6.45, 7) is 6.46. The molecule has 1 aliphatic heterocycles. The molecule has 8 heteroatoms. The van der Waals surface area contributed by atoms with Crippen molar-refractivity contribution in [1.29, 1.82) is 0 Å². The first kappa shape index (κ1) is 25.7. The van der Waals surface area contributed by atoms with Gasteiger partial charge in [-0.3, -0.25) is 9.88 Å². The molecule has 4 unspecified atom stereocenters. The number of hydrogen-bond acceptors (Lipinski definition) is 4. The van der Waals surface area contributed by atoms with Crippen LogP contribution in [0.1, 0.15) is 68.9 Å². The molecular formula is C27H32Cl2N4O2. The normalized spacial score (nSPS) is 25.1. The molecule has 1 fully saturated rings. The van der Waals surface area contributed by atoms with Crippen molar-refractivity contribution in [3.05, 3.63) is 86.0 Å². The molecule has 1 aromatic heterocycles. The van der Waals surface area contributed by atoms with E-state index >= 15 is 0 Å². The molecule has 6 nitrogen and oxygen atoms in total. The zero-order valence-electron chi connectivity index (χ0n) is 20.3. The van der Waals surface area contributed by atoms with E-state index in [2.05, 4.69) is 59.1 Å². The second kappa shape index (κ2) is 10.7. The molecule has 0 radical (unpaired) electrons. The summed E-state index contributed by atoms with van der Waals surface area (Å²) in [6, 6.07) is 15.7. The van der Waals surface area contributed by atoms with E-state index in [1.807, 2.05) is 30.3 Å². The number of nitrogens with zero attached hydrogens (tertiary/aromatic N) is 2. The van der Waals surface area contributed by atoms with Crippen LogP contribution >= 0.6 is 23.2 Å². The number of hydrogen-bond donors (Lipinski definition) is 2. The van der Waals surface area contributed by atoms with E-state index in [-0.39, 0.29) is 29.7 Å². The summed E-state index contributed by atoms with van der Waals surface area (Å²) < 4.78 is 0. The Labute approximate surface area is 216 Å². The summed E-state index contributed by atoms with van der Waals surface area (Å²) in [7, 11) is 0. The second-order valence-electron chi connectivity index (χ2n) is 9.82. The van der Waals surface area contributed by atoms with E-state index in [9.17, 15) is 9.59 Å². The minimum absolute atomic E-state index is 0.0443. The van der Waals surface area contributed by atoms with Gasteiger partial charge in [0.05, 0.1) is 6.04 Å². The van der Waals surface area contributed by atoms with Crippen molar-refractivity contribution in [2.45, 2.75) is 70.5 Å². The van der Waals surface area contributed by atoms with Crippen molar-refractivity contribution < 1.29 is 4.79 Å². The Hall–Kier alpha value is -2.41. The van der Waals surface area contributed by atoms with Crippen LogP contribution in [0.15, 0.2) is 53.3 Å². The molecule has 0 bridgehead atoms. The number of aromatic amines is 2. The smallest absolute Gasteiger partial charge is 0.302 e. The Morgan fingerprint density at radius 1 is 1.11 bits per heavy atom. The lowest BCUT2D eigenvalue weighted by Crippen LogP contribution is -2.59. The van der Waals surface area contributed by atoms with Crippen LogP contribution < -0.4 is 5.69 Å². The van der Waals surface area contributed by atoms with Crippen LogP contribution in [-0.2, 0) is 11.2 Å². The number of H-pyrrole nitrogens is 2. The third kappa shape index (κ3) is 5.25. The topological polar surface area (TPSA) is 81.8 Å². The van der Waals surface area contributed by atoms with Gasteiger partial charge in [0.25, 0.3) is 0 Å². The van der Waals surface area contributed by atoms with Crippen molar-refractivity contribution in [1.82, 2.24) is 20.1 Å². The fourth-order valence-electron chi connectivity index (χ4n) is 5.92. The Balaban J connectivity index is 1.91. The largest absolute Gasteiger partial charge is 0.340 e. The number of halogens is 2. The highest BCUT2D eigenvalue weighted by atomic mass is 35.5. The van der Waals surface area contributed by atoms with Crippen molar-refractivity contribution in [3.63, 3.8) is 0 Å². The van der Waals surface area contributed by atoms with Crippen molar-refractivity contribution in [2.75, 3.05) is 0 Å². The first-order valence-corrected chi connectivity index (χ1v) is 12.9. The van der Waals surface area contributed by atoms with E-state index in [1.54, 1.807) is 0 Å². The lowest BCUT2D eigenvalue weighted by atomic mass is 9.63. The summed E-state index contributed by atoms with van der Waals surface area (Å²) in [5, 5.41) is 7.99. The van der Waals surface area contributed by atoms with Gasteiger partial charge in [-0.2, -0.15) is 5.10 Å². The highest BCUT2D eigenvalue weighted by Gasteiger charge is 2.52. The van der Waals surface area contributed by atoms with Gasteiger partial charge >= 0.3 is 5.69 Å². The summed E-state index contributed by atoms with van der Waals surface area (Å²) in [6.07, 6.45) is 4.08. The van der Waals surface area contributed by atoms with E-state index in [4.69, 9.17) is 23.2 Å². The van der Waals surface area contributed by atoms with Crippen LogP contribution in [0.25, 0.3) is 0 Å². The predicted octanol–water partition coefficient (Wildman–Crippen LogP) is 5.94. The summed E-state index contributed by atoms with van der Waals surface area (Å²) in [5.74, 6) is 0.617. The average Bonchev–Trinajstić information content (AvgIpc) is 3.24. The first-order valence-electron chi connectivity index (χ1n) is 12.2. The summed E-state index contributed by atoms with van der Waals surface area (Å²) in [4.78, 5) is 29.8. The van der Waals surface area contributed by atoms with Crippen LogP contribution in [0.3, 0.4) is 0 Å². The molecule has 186 valence electrons. The van der Waals surface area contributed by atoms with Gasteiger partial charge in [0, 0.05) is 34.5 Å². The van der Waals surface area contributed by atoms with E-state index < -0.39 is 5.41 Å². The van der Waals surface area contributed by atoms with Gasteiger partial charge in [-0.25, -0.2) is 9.89 Å². The zero-order chi connectivity index (χ0) is 25.2. The van der Waals surface area contributed by atoms with E-state index in [0.717, 1.165) is 36.7 Å². The number of aromatic nitrogens is 3. The predicted molar refractivity (Wildman–Crippen MR) is 140 cm³/mol. The van der Waals surface area contributed by atoms with Crippen LogP contribution in [0, 0.1) is 5.41 Å². The molecule has 2 heterocycles. The SMILES string of the molecule is CCC(CC)N1C(c2ccc(Cl)cc2)C(c2cccc(Cl)c2)CC(C)(Cc2n[nH]c(=O)[nH]2)C1C=O. The van der Waals surface area contributed by atoms with Crippen LogP contribution in [0.4, 0.5) is 0 Å². The van der Waals surface area contributed by atoms with Gasteiger partial charge in [0.15, 0.2) is 0 Å². The number of likely N-dealkylation sites (tertiary alicyclic amines) is 1. The molecule has 4 atom stereocenters. The Morgan fingerprint density at radius 3 is 2.40 bits per heavy atom. The van der Waals surface area contributed by atoms with Gasteiger partial charge in [-0.15, -0.1) is 0 Å². The van der Waals surface area contributed by atoms with Gasteiger partial charge in [0.2, 0.25) is 0 Å². The van der Waals surface area contributed by atoms with Crippen LogP contribution in [-0.4, -0.2) is 38.5 Å². The molecule has 2 N–H and O–H groups in total. The third-order valence-electron chi connectivity index (χ3n) is 7.53. The van der Waals surface area contributed by atoms with E-state index in [0.29, 0.717) is 22.3 Å². The Kier molecular flexibility index (Phi) is 7.84. The molecule has 1 aliphatic rings. The lowest BCUT2D eigenvalue weighted by Gasteiger charge is -2.56. The fourth-order valence-corrected chi connectivity index (χ4v) is 6.25. The second-order valence-corrected chi connectivity index (χ2v) is 10.7. The van der Waals surface area contributed by atoms with E-state index in [1.165, 1.54) is 0 Å². The molecule has 0 amide bonds. The molecule has 0 aliphatic carbocycles. The molecule has 2 aromatic carbocycles. The standard InChI is InChI=1S/C27H32Cl2N4O2/c1-4-21(5-2)33-23(16-34)27(3,15-24-30-26(35)32-31-24)14-22(18-7-6-8-20(29)13-18)25(33)17-9-11-19(28)12-10-17/h6-13,16,21-23,25H,4-5,14-15H2,1-3H3,(H2,30,31,32,35). The molecule has 0 spiro atoms. The minimum atomic E-state index is -0.474. The molecular weight excluding hydrogens is 483 g/mol. The van der Waals surface area contributed by atoms with Crippen LogP contribution in [0.2, 0.25) is 10.0 Å². The molecule has 35 heavy (non-hydrogen) atoms. The third-order valence-corrected chi connectivity index (χ3v) is 8.01. The maximum Gasteiger partial charge on any atom is 0.340 e. The molecule has 3 aromatic rings. The number of carbonyl (C=O) groups excluding carboxylic acids is 1. The lowest BCUT2D eigenvalue weighted by molar-refractivity contribution is -0.127. The van der Waals surface area contributed by atoms with Gasteiger partial charge in [0.1, 0.15) is 12.1 Å². The summed E-state index contributed by atoms with van der Waals surface area (Å²) in [5.41, 5.74) is 1.43. The molecule has 4 rings (SSSR count). The molecule has 0 saturated carbocycles. The summed E-state index contributed by atoms with van der Waals surface area (Å²) >= 11 is 12.7. The maximum atomic E-state index is 12.9. The first-order chi connectivity index (χ1) is 16.8. The van der Waals surface area contributed by atoms with Crippen molar-refractivity contribution >= 4 is 29.5 Å². The highest BCUT2D eigenvalue weighted by Crippen LogP contribution is 2.54. The number of aldehydes is 1. The van der Waals surface area contributed by atoms with Gasteiger partial charge in [-0.05, 0) is 60.1 Å². The number of nitrogens with one attached hydrogen (secondary N) is 2.